The highest BCUT2D eigenvalue weighted by atomic mass is 16.1. The van der Waals surface area contributed by atoms with Crippen molar-refractivity contribution in [2.45, 2.75) is 0 Å². The molecule has 0 saturated heterocycles. The third-order valence-corrected chi connectivity index (χ3v) is 1.94. The molecule has 1 aliphatic rings. The Morgan fingerprint density at radius 2 is 2.29 bits per heavy atom. The summed E-state index contributed by atoms with van der Waals surface area (Å²) in [5.74, 6) is -0.438. The first-order valence-corrected chi connectivity index (χ1v) is 4.16. The van der Waals surface area contributed by atoms with Crippen LogP contribution < -0.4 is 5.73 Å². The van der Waals surface area contributed by atoms with E-state index in [0.29, 0.717) is 5.69 Å². The smallest absolute Gasteiger partial charge is 0.265 e. The third kappa shape index (κ3) is 1.37. The highest BCUT2D eigenvalue weighted by Gasteiger charge is 2.08. The topological polar surface area (TPSA) is 60.4 Å². The van der Waals surface area contributed by atoms with E-state index in [4.69, 9.17) is 5.73 Å². The molecule has 14 heavy (non-hydrogen) atoms. The molecule has 0 unspecified atom stereocenters. The van der Waals surface area contributed by atoms with Crippen LogP contribution in [0.15, 0.2) is 29.4 Å². The lowest BCUT2D eigenvalue weighted by Gasteiger charge is -2.03. The van der Waals surface area contributed by atoms with E-state index in [2.05, 4.69) is 4.99 Å². The summed E-state index contributed by atoms with van der Waals surface area (Å²) in [6.45, 7) is 0. The van der Waals surface area contributed by atoms with Crippen LogP contribution in [0, 0.1) is 0 Å². The summed E-state index contributed by atoms with van der Waals surface area (Å²) in [5.41, 5.74) is 6.57. The Balaban J connectivity index is 2.57. The van der Waals surface area contributed by atoms with Crippen LogP contribution in [-0.4, -0.2) is 16.7 Å². The maximum atomic E-state index is 11.0. The summed E-state index contributed by atoms with van der Waals surface area (Å²) in [6.07, 6.45) is 8.62. The maximum absolute atomic E-state index is 11.0. The molecule has 4 heteroatoms. The van der Waals surface area contributed by atoms with E-state index in [-0.39, 0.29) is 0 Å². The van der Waals surface area contributed by atoms with Gasteiger partial charge in [0.1, 0.15) is 5.69 Å². The van der Waals surface area contributed by atoms with Crippen LogP contribution in [0.5, 0.6) is 0 Å². The summed E-state index contributed by atoms with van der Waals surface area (Å²) >= 11 is 0. The van der Waals surface area contributed by atoms with Gasteiger partial charge in [-0.15, -0.1) is 0 Å². The van der Waals surface area contributed by atoms with Gasteiger partial charge in [0.25, 0.3) is 5.91 Å². The zero-order valence-corrected chi connectivity index (χ0v) is 7.42. The second kappa shape index (κ2) is 3.33. The number of aliphatic imine (C=N–C) groups is 1. The number of rotatable bonds is 1. The molecule has 2 heterocycles. The molecule has 0 atom stereocenters. The maximum Gasteiger partial charge on any atom is 0.265 e. The molecule has 0 radical (unpaired) electrons. The van der Waals surface area contributed by atoms with E-state index >= 15 is 0 Å². The standard InChI is InChI=1S/C10H9N3O/c11-10(14)9-3-2-8-4-6-12-5-1-7-13(8)9/h1-7H,(H2,11,14). The number of amides is 1. The molecule has 2 N–H and O–H groups in total. The fraction of sp³-hybridized carbons (Fsp3) is 0. The van der Waals surface area contributed by atoms with Gasteiger partial charge in [0.15, 0.2) is 0 Å². The zero-order valence-electron chi connectivity index (χ0n) is 7.42. The van der Waals surface area contributed by atoms with E-state index in [1.807, 2.05) is 12.1 Å². The van der Waals surface area contributed by atoms with E-state index in [1.54, 1.807) is 35.3 Å². The van der Waals surface area contributed by atoms with Gasteiger partial charge in [-0.2, -0.15) is 0 Å². The highest BCUT2D eigenvalue weighted by molar-refractivity contribution is 5.93. The normalized spacial score (nSPS) is 13.4. The third-order valence-electron chi connectivity index (χ3n) is 1.94. The molecule has 0 saturated carbocycles. The zero-order chi connectivity index (χ0) is 9.97. The second-order valence-electron chi connectivity index (χ2n) is 2.83. The average Bonchev–Trinajstić information content (AvgIpc) is 2.47. The first-order chi connectivity index (χ1) is 6.79. The number of fused-ring (bicyclic) bond motifs is 1. The van der Waals surface area contributed by atoms with Gasteiger partial charge in [0.2, 0.25) is 0 Å². The molecule has 4 nitrogen and oxygen atoms in total. The number of hydrogen-bond acceptors (Lipinski definition) is 2. The predicted molar refractivity (Wildman–Crippen MR) is 55.8 cm³/mol. The van der Waals surface area contributed by atoms with Crippen LogP contribution in [0.2, 0.25) is 0 Å². The number of nitrogens with zero attached hydrogens (tertiary/aromatic N) is 2. The molecule has 1 aromatic heterocycles. The van der Waals surface area contributed by atoms with Crippen LogP contribution in [0.4, 0.5) is 0 Å². The summed E-state index contributed by atoms with van der Waals surface area (Å²) in [5, 5.41) is 0. The van der Waals surface area contributed by atoms with Crippen molar-refractivity contribution in [1.29, 1.82) is 0 Å². The van der Waals surface area contributed by atoms with Gasteiger partial charge >= 0.3 is 0 Å². The van der Waals surface area contributed by atoms with Crippen molar-refractivity contribution in [3.05, 3.63) is 35.8 Å². The number of hydrogen-bond donors (Lipinski definition) is 1. The first kappa shape index (κ1) is 8.50. The SMILES string of the molecule is NC(=O)c1ccc2n1C=CC=NC=C2. The van der Waals surface area contributed by atoms with Crippen molar-refractivity contribution in [2.24, 2.45) is 10.7 Å². The van der Waals surface area contributed by atoms with Crippen LogP contribution in [0.25, 0.3) is 12.3 Å². The Morgan fingerprint density at radius 3 is 3.07 bits per heavy atom. The Bertz CT molecular complexity index is 452. The van der Waals surface area contributed by atoms with E-state index in [9.17, 15) is 4.79 Å². The lowest BCUT2D eigenvalue weighted by molar-refractivity contribution is 0.0994. The van der Waals surface area contributed by atoms with Gasteiger partial charge < -0.3 is 10.3 Å². The minimum absolute atomic E-state index is 0.438. The van der Waals surface area contributed by atoms with Crippen molar-refractivity contribution in [3.63, 3.8) is 0 Å². The Morgan fingerprint density at radius 1 is 1.43 bits per heavy atom. The lowest BCUT2D eigenvalue weighted by atomic mass is 10.4. The molecule has 0 spiro atoms. The van der Waals surface area contributed by atoms with Crippen molar-refractivity contribution in [1.82, 2.24) is 4.57 Å². The number of primary amides is 1. The monoisotopic (exact) mass is 187 g/mol. The van der Waals surface area contributed by atoms with Crippen LogP contribution in [-0.2, 0) is 0 Å². The van der Waals surface area contributed by atoms with Crippen LogP contribution >= 0.6 is 0 Å². The number of allylic oxidation sites excluding steroid dienone is 1. The fourth-order valence-corrected chi connectivity index (χ4v) is 1.31. The summed E-state index contributed by atoms with van der Waals surface area (Å²) < 4.78 is 1.73. The molecule has 1 aromatic rings. The lowest BCUT2D eigenvalue weighted by Crippen LogP contribution is -2.15. The summed E-state index contributed by atoms with van der Waals surface area (Å²) in [4.78, 5) is 15.0. The van der Waals surface area contributed by atoms with Gasteiger partial charge in [-0.25, -0.2) is 0 Å². The van der Waals surface area contributed by atoms with E-state index in [0.717, 1.165) is 5.69 Å². The van der Waals surface area contributed by atoms with Gasteiger partial charge in [0.05, 0.1) is 0 Å². The number of nitrogens with two attached hydrogens (primary N) is 1. The van der Waals surface area contributed by atoms with Crippen molar-refractivity contribution < 1.29 is 4.79 Å². The molecular weight excluding hydrogens is 178 g/mol. The van der Waals surface area contributed by atoms with Crippen LogP contribution in [0.3, 0.4) is 0 Å². The Labute approximate surface area is 81.1 Å². The molecule has 0 aliphatic carbocycles. The van der Waals surface area contributed by atoms with Gasteiger partial charge in [-0.3, -0.25) is 9.79 Å². The number of aromatic nitrogens is 1. The molecule has 0 bridgehead atoms. The van der Waals surface area contributed by atoms with Gasteiger partial charge in [-0.1, -0.05) is 0 Å². The van der Waals surface area contributed by atoms with Gasteiger partial charge in [0, 0.05) is 24.3 Å². The Kier molecular flexibility index (Phi) is 2.02. The summed E-state index contributed by atoms with van der Waals surface area (Å²) in [6, 6.07) is 3.51. The van der Waals surface area contributed by atoms with Crippen molar-refractivity contribution in [2.75, 3.05) is 0 Å². The molecule has 1 aliphatic heterocycles. The van der Waals surface area contributed by atoms with Crippen molar-refractivity contribution >= 4 is 24.4 Å². The number of carbonyl (C=O) groups is 1. The molecule has 2 rings (SSSR count). The largest absolute Gasteiger partial charge is 0.364 e. The van der Waals surface area contributed by atoms with E-state index in [1.165, 1.54) is 0 Å². The minimum atomic E-state index is -0.438. The Hall–Kier alpha value is -2.10. The fourth-order valence-electron chi connectivity index (χ4n) is 1.31. The molecule has 1 amide bonds. The molecular formula is C10H9N3O. The summed E-state index contributed by atoms with van der Waals surface area (Å²) in [7, 11) is 0. The number of carbonyl (C=O) groups excluding carboxylic acids is 1. The average molecular weight is 187 g/mol. The predicted octanol–water partition coefficient (Wildman–Crippen LogP) is 1.11. The quantitative estimate of drug-likeness (QED) is 0.703. The molecule has 0 fully saturated rings. The molecule has 0 aromatic carbocycles. The second-order valence-corrected chi connectivity index (χ2v) is 2.83. The minimum Gasteiger partial charge on any atom is -0.364 e. The van der Waals surface area contributed by atoms with E-state index < -0.39 is 5.91 Å². The molecule has 70 valence electrons. The first-order valence-electron chi connectivity index (χ1n) is 4.16. The van der Waals surface area contributed by atoms with Gasteiger partial charge in [-0.05, 0) is 24.3 Å². The highest BCUT2D eigenvalue weighted by Crippen LogP contribution is 2.12. The van der Waals surface area contributed by atoms with Crippen LogP contribution in [0.1, 0.15) is 16.2 Å². The van der Waals surface area contributed by atoms with Crippen molar-refractivity contribution in [3.8, 4) is 0 Å².